The molecule has 0 amide bonds. The summed E-state index contributed by atoms with van der Waals surface area (Å²) in [5.41, 5.74) is 0.769. The van der Waals surface area contributed by atoms with Gasteiger partial charge in [0.2, 0.25) is 0 Å². The SMILES string of the molecule is CCC1CCCCC1C(O)c1csnn1. The van der Waals surface area contributed by atoms with E-state index < -0.39 is 6.10 Å². The molecule has 0 saturated heterocycles. The quantitative estimate of drug-likeness (QED) is 0.862. The first-order valence-electron chi connectivity index (χ1n) is 5.78. The van der Waals surface area contributed by atoms with E-state index >= 15 is 0 Å². The van der Waals surface area contributed by atoms with Gasteiger partial charge < -0.3 is 5.11 Å². The van der Waals surface area contributed by atoms with Crippen LogP contribution in [0.3, 0.4) is 0 Å². The van der Waals surface area contributed by atoms with E-state index in [9.17, 15) is 5.11 Å². The second-order valence-electron chi connectivity index (χ2n) is 4.39. The van der Waals surface area contributed by atoms with E-state index in [0.717, 1.165) is 12.1 Å². The van der Waals surface area contributed by atoms with E-state index in [2.05, 4.69) is 16.5 Å². The smallest absolute Gasteiger partial charge is 0.104 e. The first-order valence-corrected chi connectivity index (χ1v) is 6.61. The largest absolute Gasteiger partial charge is 0.386 e. The van der Waals surface area contributed by atoms with Gasteiger partial charge in [0.25, 0.3) is 0 Å². The minimum absolute atomic E-state index is 0.394. The Hall–Kier alpha value is -0.480. The molecule has 1 aromatic heterocycles. The summed E-state index contributed by atoms with van der Waals surface area (Å²) in [6.45, 7) is 2.22. The van der Waals surface area contributed by atoms with Crippen LogP contribution in [0.25, 0.3) is 0 Å². The fourth-order valence-electron chi connectivity index (χ4n) is 2.68. The third-order valence-electron chi connectivity index (χ3n) is 3.58. The lowest BCUT2D eigenvalue weighted by Crippen LogP contribution is -2.25. The van der Waals surface area contributed by atoms with Gasteiger partial charge >= 0.3 is 0 Å². The van der Waals surface area contributed by atoms with Crippen molar-refractivity contribution in [1.29, 1.82) is 0 Å². The van der Waals surface area contributed by atoms with Crippen LogP contribution in [0.2, 0.25) is 0 Å². The zero-order valence-electron chi connectivity index (χ0n) is 9.09. The Morgan fingerprint density at radius 3 is 3.00 bits per heavy atom. The van der Waals surface area contributed by atoms with Crippen LogP contribution in [0.4, 0.5) is 0 Å². The highest BCUT2D eigenvalue weighted by atomic mass is 32.1. The van der Waals surface area contributed by atoms with Crippen LogP contribution in [0, 0.1) is 11.8 Å². The van der Waals surface area contributed by atoms with Crippen LogP contribution in [0.15, 0.2) is 5.38 Å². The van der Waals surface area contributed by atoms with Gasteiger partial charge in [-0.05, 0) is 29.8 Å². The summed E-state index contributed by atoms with van der Waals surface area (Å²) in [6.07, 6.45) is 5.73. The molecule has 4 heteroatoms. The highest BCUT2D eigenvalue weighted by Gasteiger charge is 2.31. The van der Waals surface area contributed by atoms with Crippen LogP contribution in [-0.4, -0.2) is 14.7 Å². The number of aromatic nitrogens is 2. The molecule has 0 spiro atoms. The van der Waals surface area contributed by atoms with E-state index in [4.69, 9.17) is 0 Å². The average molecular weight is 226 g/mol. The predicted octanol–water partition coefficient (Wildman–Crippen LogP) is 2.79. The minimum atomic E-state index is -0.394. The molecule has 15 heavy (non-hydrogen) atoms. The molecule has 1 fully saturated rings. The molecule has 1 N–H and O–H groups in total. The number of aliphatic hydroxyl groups excluding tert-OH is 1. The molecule has 0 aromatic carbocycles. The van der Waals surface area contributed by atoms with E-state index in [0.29, 0.717) is 11.8 Å². The Kier molecular flexibility index (Phi) is 3.70. The Bertz CT molecular complexity index is 289. The van der Waals surface area contributed by atoms with Crippen LogP contribution in [0.1, 0.15) is 50.8 Å². The molecule has 1 aliphatic rings. The first kappa shape index (κ1) is 11.0. The van der Waals surface area contributed by atoms with Crippen molar-refractivity contribution in [3.63, 3.8) is 0 Å². The van der Waals surface area contributed by atoms with Crippen molar-refractivity contribution < 1.29 is 5.11 Å². The van der Waals surface area contributed by atoms with E-state index in [-0.39, 0.29) is 0 Å². The van der Waals surface area contributed by atoms with E-state index in [1.165, 1.54) is 37.2 Å². The summed E-state index contributed by atoms with van der Waals surface area (Å²) in [4.78, 5) is 0. The van der Waals surface area contributed by atoms with Gasteiger partial charge in [0, 0.05) is 5.38 Å². The van der Waals surface area contributed by atoms with Crippen molar-refractivity contribution in [2.24, 2.45) is 11.8 Å². The Labute approximate surface area is 94.7 Å². The predicted molar refractivity (Wildman–Crippen MR) is 60.6 cm³/mol. The van der Waals surface area contributed by atoms with Crippen LogP contribution in [-0.2, 0) is 0 Å². The standard InChI is InChI=1S/C11H18N2OS/c1-2-8-5-3-4-6-9(8)11(14)10-7-15-13-12-10/h7-9,11,14H,2-6H2,1H3. The molecule has 84 valence electrons. The molecule has 3 unspecified atom stereocenters. The molecule has 1 saturated carbocycles. The van der Waals surface area contributed by atoms with E-state index in [1.54, 1.807) is 0 Å². The molecular weight excluding hydrogens is 208 g/mol. The number of hydrogen-bond donors (Lipinski definition) is 1. The number of nitrogens with zero attached hydrogens (tertiary/aromatic N) is 2. The molecule has 0 radical (unpaired) electrons. The second-order valence-corrected chi connectivity index (χ2v) is 5.00. The molecule has 1 aliphatic carbocycles. The molecule has 2 rings (SSSR count). The summed E-state index contributed by atoms with van der Waals surface area (Å²) < 4.78 is 3.82. The molecule has 0 bridgehead atoms. The number of hydrogen-bond acceptors (Lipinski definition) is 4. The maximum atomic E-state index is 10.2. The Morgan fingerprint density at radius 2 is 2.33 bits per heavy atom. The van der Waals surface area contributed by atoms with Crippen LogP contribution >= 0.6 is 11.5 Å². The normalized spacial score (nSPS) is 28.9. The summed E-state index contributed by atoms with van der Waals surface area (Å²) in [5, 5.41) is 16.1. The molecule has 0 aliphatic heterocycles. The van der Waals surface area contributed by atoms with Crippen molar-refractivity contribution in [3.05, 3.63) is 11.1 Å². The van der Waals surface area contributed by atoms with Crippen LogP contribution in [0.5, 0.6) is 0 Å². The molecule has 3 atom stereocenters. The van der Waals surface area contributed by atoms with Gasteiger partial charge in [-0.25, -0.2) is 0 Å². The molecular formula is C11H18N2OS. The van der Waals surface area contributed by atoms with Gasteiger partial charge in [0.05, 0.1) is 0 Å². The van der Waals surface area contributed by atoms with Crippen molar-refractivity contribution in [1.82, 2.24) is 9.59 Å². The third-order valence-corrected chi connectivity index (χ3v) is 4.10. The lowest BCUT2D eigenvalue weighted by atomic mass is 9.74. The van der Waals surface area contributed by atoms with Gasteiger partial charge in [-0.1, -0.05) is 37.1 Å². The Morgan fingerprint density at radius 1 is 1.53 bits per heavy atom. The zero-order valence-corrected chi connectivity index (χ0v) is 9.91. The van der Waals surface area contributed by atoms with Gasteiger partial charge in [-0.15, -0.1) is 5.10 Å². The average Bonchev–Trinajstić information content (AvgIpc) is 2.81. The van der Waals surface area contributed by atoms with Gasteiger partial charge in [0.15, 0.2) is 0 Å². The maximum Gasteiger partial charge on any atom is 0.104 e. The third kappa shape index (κ3) is 2.37. The number of rotatable bonds is 3. The lowest BCUT2D eigenvalue weighted by molar-refractivity contribution is 0.0422. The molecule has 3 nitrogen and oxygen atoms in total. The van der Waals surface area contributed by atoms with Gasteiger partial charge in [-0.3, -0.25) is 0 Å². The van der Waals surface area contributed by atoms with Crippen molar-refractivity contribution in [2.75, 3.05) is 0 Å². The summed E-state index contributed by atoms with van der Waals surface area (Å²) in [5.74, 6) is 1.06. The lowest BCUT2D eigenvalue weighted by Gasteiger charge is -2.33. The summed E-state index contributed by atoms with van der Waals surface area (Å²) in [6, 6.07) is 0. The maximum absolute atomic E-state index is 10.2. The first-order chi connectivity index (χ1) is 7.33. The molecule has 1 heterocycles. The van der Waals surface area contributed by atoms with Gasteiger partial charge in [-0.2, -0.15) is 0 Å². The second kappa shape index (κ2) is 5.03. The fraction of sp³-hybridized carbons (Fsp3) is 0.818. The highest BCUT2D eigenvalue weighted by molar-refractivity contribution is 7.03. The topological polar surface area (TPSA) is 46.0 Å². The molecule has 1 aromatic rings. The summed E-state index contributed by atoms with van der Waals surface area (Å²) >= 11 is 1.32. The van der Waals surface area contributed by atoms with Crippen molar-refractivity contribution in [3.8, 4) is 0 Å². The number of aliphatic hydroxyl groups is 1. The highest BCUT2D eigenvalue weighted by Crippen LogP contribution is 2.39. The fourth-order valence-corrected chi connectivity index (χ4v) is 3.16. The van der Waals surface area contributed by atoms with E-state index in [1.807, 2.05) is 5.38 Å². The monoisotopic (exact) mass is 226 g/mol. The van der Waals surface area contributed by atoms with Gasteiger partial charge in [0.1, 0.15) is 11.8 Å². The minimum Gasteiger partial charge on any atom is -0.386 e. The Balaban J connectivity index is 2.07. The van der Waals surface area contributed by atoms with Crippen molar-refractivity contribution in [2.45, 2.75) is 45.1 Å². The summed E-state index contributed by atoms with van der Waals surface area (Å²) in [7, 11) is 0. The zero-order chi connectivity index (χ0) is 10.7. The van der Waals surface area contributed by atoms with Crippen molar-refractivity contribution >= 4 is 11.5 Å². The van der Waals surface area contributed by atoms with Crippen LogP contribution < -0.4 is 0 Å².